The third-order valence-corrected chi connectivity index (χ3v) is 8.45. The van der Waals surface area contributed by atoms with E-state index < -0.39 is 15.9 Å². The molecule has 0 bridgehead atoms. The fourth-order valence-corrected chi connectivity index (χ4v) is 6.32. The molecule has 3 aromatic rings. The highest BCUT2D eigenvalue weighted by atomic mass is 32.2. The first-order valence-electron chi connectivity index (χ1n) is 11.3. The van der Waals surface area contributed by atoms with Crippen LogP contribution in [0.3, 0.4) is 0 Å². The topological polar surface area (TPSA) is 90.9 Å². The van der Waals surface area contributed by atoms with Crippen molar-refractivity contribution >= 4 is 38.4 Å². The van der Waals surface area contributed by atoms with E-state index in [4.69, 9.17) is 0 Å². The largest absolute Gasteiger partial charge is 0.340 e. The molecule has 2 aromatic carbocycles. The summed E-state index contributed by atoms with van der Waals surface area (Å²) in [7, 11) is -3.75. The molecule has 2 aliphatic rings. The van der Waals surface area contributed by atoms with Gasteiger partial charge in [-0.3, -0.25) is 14.6 Å². The molecule has 9 heteroatoms. The third-order valence-electron chi connectivity index (χ3n) is 6.52. The van der Waals surface area contributed by atoms with E-state index in [0.717, 1.165) is 16.6 Å². The van der Waals surface area contributed by atoms with Crippen molar-refractivity contribution in [3.05, 3.63) is 66.4 Å². The van der Waals surface area contributed by atoms with E-state index in [9.17, 15) is 18.0 Å². The number of carbonyl (C=O) groups excluding carboxylic acids is 2. The first kappa shape index (κ1) is 22.5. The molecule has 1 unspecified atom stereocenters. The van der Waals surface area contributed by atoms with Crippen LogP contribution in [-0.4, -0.2) is 67.1 Å². The van der Waals surface area contributed by atoms with Crippen LogP contribution in [0.5, 0.6) is 0 Å². The number of anilines is 1. The van der Waals surface area contributed by atoms with Gasteiger partial charge >= 0.3 is 0 Å². The van der Waals surface area contributed by atoms with Crippen LogP contribution in [0.1, 0.15) is 12.0 Å². The zero-order valence-corrected chi connectivity index (χ0v) is 19.7. The number of carbonyl (C=O) groups is 2. The summed E-state index contributed by atoms with van der Waals surface area (Å²) in [5.41, 5.74) is 2.21. The fourth-order valence-electron chi connectivity index (χ4n) is 4.73. The lowest BCUT2D eigenvalue weighted by atomic mass is 10.1. The van der Waals surface area contributed by atoms with Gasteiger partial charge in [-0.05, 0) is 36.8 Å². The smallest absolute Gasteiger partial charge is 0.245 e. The summed E-state index contributed by atoms with van der Waals surface area (Å²) in [5, 5.41) is 0.781. The molecular formula is C25H26N4O4S. The second-order valence-corrected chi connectivity index (χ2v) is 10.7. The molecule has 0 spiro atoms. The summed E-state index contributed by atoms with van der Waals surface area (Å²) in [6.45, 7) is 3.28. The molecule has 2 amide bonds. The Morgan fingerprint density at radius 2 is 1.74 bits per heavy atom. The Morgan fingerprint density at radius 1 is 1.00 bits per heavy atom. The highest BCUT2D eigenvalue weighted by Gasteiger charge is 2.39. The van der Waals surface area contributed by atoms with Crippen LogP contribution in [0, 0.1) is 12.8 Å². The molecule has 2 aliphatic heterocycles. The van der Waals surface area contributed by atoms with Crippen LogP contribution in [0.15, 0.2) is 65.7 Å². The zero-order valence-electron chi connectivity index (χ0n) is 18.9. The first-order chi connectivity index (χ1) is 16.3. The number of hydrogen-bond acceptors (Lipinski definition) is 5. The normalized spacial score (nSPS) is 19.7. The van der Waals surface area contributed by atoms with Crippen molar-refractivity contribution < 1.29 is 18.0 Å². The number of para-hydroxylation sites is 2. The summed E-state index contributed by atoms with van der Waals surface area (Å²) in [5.74, 6) is -0.572. The number of aryl methyl sites for hydroxylation is 1. The third kappa shape index (κ3) is 4.05. The number of benzene rings is 2. The second kappa shape index (κ2) is 8.81. The van der Waals surface area contributed by atoms with E-state index in [1.165, 1.54) is 4.31 Å². The molecule has 0 radical (unpaired) electrons. The van der Waals surface area contributed by atoms with Gasteiger partial charge in [0, 0.05) is 56.4 Å². The van der Waals surface area contributed by atoms with Gasteiger partial charge in [-0.15, -0.1) is 0 Å². The lowest BCUT2D eigenvalue weighted by molar-refractivity contribution is -0.136. The van der Waals surface area contributed by atoms with Crippen LogP contribution in [0.25, 0.3) is 10.9 Å². The number of fused-ring (bicyclic) bond motifs is 1. The molecular weight excluding hydrogens is 452 g/mol. The minimum Gasteiger partial charge on any atom is -0.340 e. The molecule has 0 N–H and O–H groups in total. The quantitative estimate of drug-likeness (QED) is 0.575. The Morgan fingerprint density at radius 3 is 2.47 bits per heavy atom. The fraction of sp³-hybridized carbons (Fsp3) is 0.320. The lowest BCUT2D eigenvalue weighted by Gasteiger charge is -2.35. The Hall–Kier alpha value is -3.30. The molecule has 34 heavy (non-hydrogen) atoms. The molecule has 1 atom stereocenters. The SMILES string of the molecule is Cc1cnc2c(S(=O)(=O)N3CCN(C(=O)C4CC(=O)N(c5ccccc5)C4)CC3)cccc2c1. The predicted molar refractivity (Wildman–Crippen MR) is 129 cm³/mol. The average Bonchev–Trinajstić information content (AvgIpc) is 3.25. The van der Waals surface area contributed by atoms with Crippen LogP contribution in [-0.2, 0) is 19.6 Å². The van der Waals surface area contributed by atoms with Gasteiger partial charge in [0.1, 0.15) is 4.90 Å². The van der Waals surface area contributed by atoms with E-state index in [-0.39, 0.29) is 36.2 Å². The number of rotatable bonds is 4. The van der Waals surface area contributed by atoms with Crippen molar-refractivity contribution in [2.75, 3.05) is 37.6 Å². The minimum absolute atomic E-state index is 0.0653. The van der Waals surface area contributed by atoms with Crippen molar-refractivity contribution in [2.45, 2.75) is 18.2 Å². The average molecular weight is 479 g/mol. The summed E-state index contributed by atoms with van der Waals surface area (Å²) in [6.07, 6.45) is 1.84. The monoisotopic (exact) mass is 478 g/mol. The molecule has 1 aromatic heterocycles. The standard InChI is InChI=1S/C25H26N4O4S/c1-18-14-19-6-5-9-22(24(19)26-16-18)34(32,33)28-12-10-27(11-13-28)25(31)20-15-23(30)29(17-20)21-7-3-2-4-8-21/h2-9,14,16,20H,10-13,15,17H2,1H3. The van der Waals surface area contributed by atoms with Crippen molar-refractivity contribution in [3.63, 3.8) is 0 Å². The summed E-state index contributed by atoms with van der Waals surface area (Å²) in [4.78, 5) is 33.5. The summed E-state index contributed by atoms with van der Waals surface area (Å²) >= 11 is 0. The summed E-state index contributed by atoms with van der Waals surface area (Å²) in [6, 6.07) is 16.4. The Labute approximate surface area is 198 Å². The number of sulfonamides is 1. The van der Waals surface area contributed by atoms with Crippen LogP contribution in [0.2, 0.25) is 0 Å². The highest BCUT2D eigenvalue weighted by molar-refractivity contribution is 7.89. The predicted octanol–water partition coefficient (Wildman–Crippen LogP) is 2.43. The molecule has 2 saturated heterocycles. The van der Waals surface area contributed by atoms with Crippen LogP contribution >= 0.6 is 0 Å². The van der Waals surface area contributed by atoms with Gasteiger partial charge in [-0.2, -0.15) is 4.31 Å². The van der Waals surface area contributed by atoms with Crippen LogP contribution in [0.4, 0.5) is 5.69 Å². The van der Waals surface area contributed by atoms with Gasteiger partial charge in [0.15, 0.2) is 0 Å². The van der Waals surface area contributed by atoms with E-state index in [2.05, 4.69) is 4.98 Å². The maximum atomic E-state index is 13.4. The first-order valence-corrected chi connectivity index (χ1v) is 12.8. The molecule has 5 rings (SSSR count). The number of nitrogens with zero attached hydrogens (tertiary/aromatic N) is 4. The van der Waals surface area contributed by atoms with Gasteiger partial charge < -0.3 is 9.80 Å². The van der Waals surface area contributed by atoms with Gasteiger partial charge in [0.2, 0.25) is 21.8 Å². The Bertz CT molecular complexity index is 1350. The minimum atomic E-state index is -3.75. The van der Waals surface area contributed by atoms with Crippen molar-refractivity contribution in [3.8, 4) is 0 Å². The molecule has 0 aliphatic carbocycles. The van der Waals surface area contributed by atoms with Gasteiger partial charge in [0.05, 0.1) is 11.4 Å². The van der Waals surface area contributed by atoms with Gasteiger partial charge in [-0.1, -0.05) is 30.3 Å². The Kier molecular flexibility index (Phi) is 5.83. The van der Waals surface area contributed by atoms with E-state index in [1.54, 1.807) is 28.1 Å². The van der Waals surface area contributed by atoms with E-state index >= 15 is 0 Å². The van der Waals surface area contributed by atoms with Crippen LogP contribution < -0.4 is 4.90 Å². The number of hydrogen-bond donors (Lipinski definition) is 0. The maximum Gasteiger partial charge on any atom is 0.245 e. The van der Waals surface area contributed by atoms with Crippen molar-refractivity contribution in [1.29, 1.82) is 0 Å². The highest BCUT2D eigenvalue weighted by Crippen LogP contribution is 2.28. The Balaban J connectivity index is 1.27. The molecule has 0 saturated carbocycles. The van der Waals surface area contributed by atoms with E-state index in [1.807, 2.05) is 49.4 Å². The van der Waals surface area contributed by atoms with Crippen molar-refractivity contribution in [2.24, 2.45) is 5.92 Å². The molecule has 176 valence electrons. The number of aromatic nitrogens is 1. The summed E-state index contributed by atoms with van der Waals surface area (Å²) < 4.78 is 28.2. The molecule has 3 heterocycles. The zero-order chi connectivity index (χ0) is 23.9. The lowest BCUT2D eigenvalue weighted by Crippen LogP contribution is -2.52. The number of pyridine rings is 1. The number of piperazine rings is 1. The van der Waals surface area contributed by atoms with Gasteiger partial charge in [0.25, 0.3) is 0 Å². The van der Waals surface area contributed by atoms with Gasteiger partial charge in [-0.25, -0.2) is 8.42 Å². The molecule has 2 fully saturated rings. The number of amides is 2. The molecule has 8 nitrogen and oxygen atoms in total. The van der Waals surface area contributed by atoms with Crippen molar-refractivity contribution in [1.82, 2.24) is 14.2 Å². The van der Waals surface area contributed by atoms with E-state index in [0.29, 0.717) is 25.2 Å². The maximum absolute atomic E-state index is 13.4. The second-order valence-electron chi connectivity index (χ2n) is 8.81.